The predicted octanol–water partition coefficient (Wildman–Crippen LogP) is 3.64. The Hall–Kier alpha value is -7.82. The van der Waals surface area contributed by atoms with Crippen molar-refractivity contribution in [2.75, 3.05) is 26.4 Å². The molecule has 21 heteroatoms. The van der Waals surface area contributed by atoms with Crippen molar-refractivity contribution in [2.45, 2.75) is 50.2 Å². The molecule has 2 aliphatic rings. The van der Waals surface area contributed by atoms with Crippen LogP contribution in [0.5, 0.6) is 0 Å². The van der Waals surface area contributed by atoms with Crippen LogP contribution < -0.4 is 22.2 Å². The number of carbonyl (C=O) groups is 2. The van der Waals surface area contributed by atoms with E-state index >= 15 is 4.39 Å². The lowest BCUT2D eigenvalue weighted by Crippen LogP contribution is -2.48. The number of hydrogen-bond donors (Lipinski definition) is 5. The molecule has 368 valence electrons. The van der Waals surface area contributed by atoms with Crippen LogP contribution in [-0.4, -0.2) is 117 Å². The smallest absolute Gasteiger partial charge is 0.339 e. The molecular weight excluding hydrogens is 923 g/mol. The largest absolute Gasteiger partial charge is 0.478 e. The van der Waals surface area contributed by atoms with Crippen molar-refractivity contribution in [3.63, 3.8) is 0 Å². The number of aromatic nitrogens is 8. The first-order chi connectivity index (χ1) is 34.1. The second-order valence-corrected chi connectivity index (χ2v) is 17.0. The van der Waals surface area contributed by atoms with Crippen LogP contribution in [0.2, 0.25) is 0 Å². The van der Waals surface area contributed by atoms with Gasteiger partial charge in [-0.05, 0) is 61.4 Å². The number of nitrogens with zero attached hydrogens (tertiary/aromatic N) is 8. The van der Waals surface area contributed by atoms with E-state index in [1.807, 2.05) is 0 Å². The van der Waals surface area contributed by atoms with Crippen LogP contribution in [0.15, 0.2) is 120 Å². The summed E-state index contributed by atoms with van der Waals surface area (Å²) in [4.78, 5) is 58.8. The Morgan fingerprint density at radius 2 is 1.21 bits per heavy atom. The number of aliphatic hydroxyl groups excluding tert-OH is 2. The monoisotopic (exact) mass is 972 g/mol. The van der Waals surface area contributed by atoms with Crippen LogP contribution in [0.1, 0.15) is 44.7 Å². The van der Waals surface area contributed by atoms with E-state index < -0.39 is 47.3 Å². The summed E-state index contributed by atoms with van der Waals surface area (Å²) in [6.45, 7) is 1.49. The van der Waals surface area contributed by atoms with Crippen molar-refractivity contribution < 1.29 is 43.2 Å². The molecule has 8 aromatic rings. The zero-order valence-corrected chi connectivity index (χ0v) is 38.6. The van der Waals surface area contributed by atoms with E-state index in [4.69, 9.17) is 20.3 Å². The van der Waals surface area contributed by atoms with E-state index in [0.717, 1.165) is 6.42 Å². The van der Waals surface area contributed by atoms with Gasteiger partial charge in [-0.3, -0.25) is 33.7 Å². The predicted molar refractivity (Wildman–Crippen MR) is 256 cm³/mol. The fourth-order valence-electron chi connectivity index (χ4n) is 8.05. The molecule has 0 saturated carbocycles. The Labute approximate surface area is 403 Å². The summed E-state index contributed by atoms with van der Waals surface area (Å²) in [5.74, 6) is -2.66. The van der Waals surface area contributed by atoms with Crippen molar-refractivity contribution in [1.29, 1.82) is 0 Å². The number of aliphatic hydroxyl groups is 2. The number of rotatable bonds is 9. The Balaban J connectivity index is 0.000000167. The van der Waals surface area contributed by atoms with Crippen molar-refractivity contribution in [3.8, 4) is 22.5 Å². The van der Waals surface area contributed by atoms with E-state index in [2.05, 4.69) is 25.5 Å². The van der Waals surface area contributed by atoms with Crippen molar-refractivity contribution in [2.24, 2.45) is 19.8 Å². The fourth-order valence-corrected chi connectivity index (χ4v) is 8.05. The number of nitrogens with two attached hydrogens (primary N) is 1. The highest BCUT2D eigenvalue weighted by Crippen LogP contribution is 2.24. The quantitative estimate of drug-likeness (QED) is 0.139. The Morgan fingerprint density at radius 3 is 1.65 bits per heavy atom. The normalized spacial score (nSPS) is 17.7. The van der Waals surface area contributed by atoms with Crippen molar-refractivity contribution in [3.05, 3.63) is 165 Å². The highest BCUT2D eigenvalue weighted by atomic mass is 19.1. The molecule has 6 aromatic heterocycles. The molecule has 0 aliphatic carbocycles. The average molecular weight is 973 g/mol. The number of carbonyl (C=O) groups excluding carboxylic acids is 1. The molecule has 10 rings (SSSR count). The highest BCUT2D eigenvalue weighted by Gasteiger charge is 2.27. The summed E-state index contributed by atoms with van der Waals surface area (Å²) in [5.41, 5.74) is 8.12. The molecule has 1 amide bonds. The van der Waals surface area contributed by atoms with Crippen molar-refractivity contribution in [1.82, 2.24) is 44.0 Å². The SMILES string of the molecule is Cn1ccc(-c2ccc(Cn3cc(C(=O)N[C@H]4CCOC[C@@H]4O)c4ncccc4c3=O)c(F)c2)n1.Cn1ccc(-c2ccc(Cn3cc(C(=O)O)c4ncccc4c3=O)c(F)c2)n1.N[C@H]1CCOC[C@@H]1O. The number of aromatic carboxylic acids is 1. The molecule has 0 unspecified atom stereocenters. The summed E-state index contributed by atoms with van der Waals surface area (Å²) >= 11 is 0. The van der Waals surface area contributed by atoms with Crippen molar-refractivity contribution >= 4 is 33.7 Å². The summed E-state index contributed by atoms with van der Waals surface area (Å²) in [6.07, 6.45) is 9.03. The zero-order valence-electron chi connectivity index (χ0n) is 38.6. The number of carboxylic acid groups (broad SMARTS) is 1. The van der Waals surface area contributed by atoms with Gasteiger partial charge in [-0.1, -0.05) is 24.3 Å². The molecule has 0 spiro atoms. The van der Waals surface area contributed by atoms with Gasteiger partial charge in [0, 0.05) is 92.8 Å². The second-order valence-electron chi connectivity index (χ2n) is 17.0. The lowest BCUT2D eigenvalue weighted by molar-refractivity contribution is -0.0260. The zero-order chi connectivity index (χ0) is 50.3. The number of carboxylic acids is 1. The number of benzene rings is 2. The van der Waals surface area contributed by atoms with E-state index in [-0.39, 0.29) is 69.8 Å². The van der Waals surface area contributed by atoms with Gasteiger partial charge in [0.15, 0.2) is 0 Å². The molecule has 0 bridgehead atoms. The van der Waals surface area contributed by atoms with Gasteiger partial charge in [0.1, 0.15) is 17.2 Å². The van der Waals surface area contributed by atoms with E-state index in [1.54, 1.807) is 90.4 Å². The number of ether oxygens (including phenoxy) is 2. The van der Waals surface area contributed by atoms with Gasteiger partial charge in [0.05, 0.1) is 83.3 Å². The lowest BCUT2D eigenvalue weighted by atomic mass is 10.0. The lowest BCUT2D eigenvalue weighted by Gasteiger charge is -2.28. The van der Waals surface area contributed by atoms with Gasteiger partial charge >= 0.3 is 5.97 Å². The van der Waals surface area contributed by atoms with Crippen LogP contribution in [-0.2, 0) is 36.7 Å². The molecule has 2 aliphatic heterocycles. The standard InChI is InChI=1S/C25H24FN5O4.C20H15FN4O3.C5H11NO2/c1-30-9-6-20(29-30)15-4-5-16(19(26)11-15)12-31-13-18(23-17(25(31)34)3-2-8-27-23)24(33)28-21-7-10-35-14-22(21)32;1-24-8-6-17(23-24)12-4-5-13(16(21)9-12)10-25-11-15(20(27)28)18-14(19(25)26)3-2-7-22-18;6-4-1-2-8-3-5(4)7/h2-6,8-9,11,13,21-22,32H,7,10,12,14H2,1H3,(H,28,33);2-9,11H,10H2,1H3,(H,27,28);4-5,7H,1-3,6H2/t21-,22-;;4-,5-/m0.0/s1. The number of aryl methyl sites for hydroxylation is 2. The summed E-state index contributed by atoms with van der Waals surface area (Å²) in [6, 6.07) is 18.6. The topological polar surface area (TPSA) is 257 Å². The molecule has 8 heterocycles. The Morgan fingerprint density at radius 1 is 0.718 bits per heavy atom. The molecule has 6 N–H and O–H groups in total. The van der Waals surface area contributed by atoms with Gasteiger partial charge in [-0.2, -0.15) is 10.2 Å². The minimum Gasteiger partial charge on any atom is -0.478 e. The number of halogens is 2. The number of hydrogen-bond acceptors (Lipinski definition) is 13. The first-order valence-corrected chi connectivity index (χ1v) is 22.5. The first-order valence-electron chi connectivity index (χ1n) is 22.5. The minimum absolute atomic E-state index is 0.0660. The van der Waals surface area contributed by atoms with E-state index in [9.17, 15) is 33.8 Å². The fraction of sp³-hybridized carbons (Fsp3) is 0.280. The van der Waals surface area contributed by atoms with Gasteiger partial charge in [0.2, 0.25) is 0 Å². The molecule has 2 saturated heterocycles. The molecule has 2 fully saturated rings. The maximum atomic E-state index is 15.0. The first kappa shape index (κ1) is 49.6. The molecule has 4 atom stereocenters. The van der Waals surface area contributed by atoms with Gasteiger partial charge in [0.25, 0.3) is 17.0 Å². The maximum absolute atomic E-state index is 15.0. The molecule has 71 heavy (non-hydrogen) atoms. The summed E-state index contributed by atoms with van der Waals surface area (Å²) in [7, 11) is 3.56. The minimum atomic E-state index is -1.21. The van der Waals surface area contributed by atoms with E-state index in [0.29, 0.717) is 54.3 Å². The number of amides is 1. The van der Waals surface area contributed by atoms with Crippen LogP contribution in [0.25, 0.3) is 44.3 Å². The molecule has 0 radical (unpaired) electrons. The van der Waals surface area contributed by atoms with Crippen LogP contribution >= 0.6 is 0 Å². The van der Waals surface area contributed by atoms with Crippen LogP contribution in [0, 0.1) is 11.6 Å². The molecule has 2 aromatic carbocycles. The third kappa shape index (κ3) is 11.5. The van der Waals surface area contributed by atoms with Gasteiger partial charge in [-0.25, -0.2) is 13.6 Å². The van der Waals surface area contributed by atoms with Gasteiger partial charge < -0.3 is 45.0 Å². The Bertz CT molecular complexity index is 3340. The maximum Gasteiger partial charge on any atom is 0.339 e. The third-order valence-corrected chi connectivity index (χ3v) is 12.0. The third-order valence-electron chi connectivity index (χ3n) is 12.0. The molecular formula is C50H50F2N10O9. The summed E-state index contributed by atoms with van der Waals surface area (Å²) in [5, 5.41) is 40.3. The number of fused-ring (bicyclic) bond motifs is 2. The highest BCUT2D eigenvalue weighted by molar-refractivity contribution is 6.05. The van der Waals surface area contributed by atoms with Crippen LogP contribution in [0.3, 0.4) is 0 Å². The van der Waals surface area contributed by atoms with E-state index in [1.165, 1.54) is 52.1 Å². The number of nitrogens with one attached hydrogen (secondary N) is 1. The molecule has 19 nitrogen and oxygen atoms in total. The average Bonchev–Trinajstić information content (AvgIpc) is 4.01. The van der Waals surface area contributed by atoms with Crippen LogP contribution in [0.4, 0.5) is 8.78 Å². The summed E-state index contributed by atoms with van der Waals surface area (Å²) < 4.78 is 45.5. The number of pyridine rings is 4. The Kier molecular flexibility index (Phi) is 15.3. The second kappa shape index (κ2) is 21.9. The van der Waals surface area contributed by atoms with Gasteiger partial charge in [-0.15, -0.1) is 0 Å².